The van der Waals surface area contributed by atoms with E-state index in [0.29, 0.717) is 0 Å². The van der Waals surface area contributed by atoms with E-state index >= 15 is 0 Å². The first-order valence-corrected chi connectivity index (χ1v) is 5.58. The highest BCUT2D eigenvalue weighted by molar-refractivity contribution is 14.1. The van der Waals surface area contributed by atoms with Crippen molar-refractivity contribution in [2.45, 2.75) is 35.5 Å². The fourth-order valence-electron chi connectivity index (χ4n) is 3.01. The lowest BCUT2D eigenvalue weighted by molar-refractivity contribution is -0.399. The Morgan fingerprint density at radius 1 is 1.53 bits per heavy atom. The summed E-state index contributed by atoms with van der Waals surface area (Å²) in [4.78, 5) is 0. The van der Waals surface area contributed by atoms with Gasteiger partial charge < -0.3 is 22.4 Å². The van der Waals surface area contributed by atoms with Crippen molar-refractivity contribution in [3.63, 3.8) is 0 Å². The molecular weight excluding hydrogens is 314 g/mol. The van der Waals surface area contributed by atoms with Crippen molar-refractivity contribution in [1.29, 1.82) is 0 Å². The van der Waals surface area contributed by atoms with Gasteiger partial charge in [-0.1, -0.05) is 0 Å². The number of aliphatic hydroxyl groups excluding tert-OH is 1. The van der Waals surface area contributed by atoms with Crippen LogP contribution in [0.2, 0.25) is 0 Å². The van der Waals surface area contributed by atoms with Crippen LogP contribution in [0.5, 0.6) is 0 Å². The highest BCUT2D eigenvalue weighted by atomic mass is 127. The second-order valence-electron chi connectivity index (χ2n) is 4.20. The van der Waals surface area contributed by atoms with E-state index in [0.717, 1.165) is 0 Å². The summed E-state index contributed by atoms with van der Waals surface area (Å²) in [6, 6.07) is -0.566. The Morgan fingerprint density at radius 2 is 2.27 bits per heavy atom. The molecule has 82 valence electrons. The van der Waals surface area contributed by atoms with Crippen LogP contribution in [0.4, 0.5) is 0 Å². The Hall–Kier alpha value is 0.595. The van der Waals surface area contributed by atoms with Crippen LogP contribution in [0.15, 0.2) is 0 Å². The Balaban J connectivity index is 1.99. The quantitative estimate of drug-likeness (QED) is 0.541. The second-order valence-corrected chi connectivity index (χ2v) is 4.64. The zero-order chi connectivity index (χ0) is 10.8. The summed E-state index contributed by atoms with van der Waals surface area (Å²) in [6.45, 7) is 0.251. The third-order valence-corrected chi connectivity index (χ3v) is 4.42. The fraction of sp³-hybridized carbons (Fsp3) is 1.00. The first-order chi connectivity index (χ1) is 7.14. The van der Waals surface area contributed by atoms with Gasteiger partial charge in [-0.05, 0) is 0 Å². The van der Waals surface area contributed by atoms with Gasteiger partial charge in [0.05, 0.1) is 6.61 Å². The molecular formula is C8H10BIO5. The van der Waals surface area contributed by atoms with Crippen molar-refractivity contribution in [2.24, 2.45) is 0 Å². The van der Waals surface area contributed by atoms with Crippen molar-refractivity contribution in [3.8, 4) is 0 Å². The molecule has 0 bridgehead atoms. The van der Waals surface area contributed by atoms with Gasteiger partial charge in [-0.2, -0.15) is 0 Å². The first-order valence-electron chi connectivity index (χ1n) is 4.69. The molecule has 5 nitrogen and oxygen atoms in total. The van der Waals surface area contributed by atoms with E-state index in [1.54, 1.807) is 30.1 Å². The molecule has 2 aliphatic heterocycles. The maximum Gasteiger partial charge on any atom is 0.171 e. The number of methoxy groups -OCH3 is 1. The fourth-order valence-corrected chi connectivity index (χ4v) is 3.88. The topological polar surface area (TPSA) is 57.2 Å². The molecule has 2 saturated heterocycles. The zero-order valence-electron chi connectivity index (χ0n) is 8.05. The Morgan fingerprint density at radius 3 is 2.87 bits per heavy atom. The summed E-state index contributed by atoms with van der Waals surface area (Å²) in [5.41, 5.74) is -1.50. The molecule has 0 spiro atoms. The summed E-state index contributed by atoms with van der Waals surface area (Å²) in [5.74, 6) is 0. The van der Waals surface area contributed by atoms with Gasteiger partial charge in [0.15, 0.2) is 11.2 Å². The SMILES string of the molecule is [B]C1OC2(COC)C(O)C3OC1C32OI. The number of rotatable bonds is 3. The van der Waals surface area contributed by atoms with Gasteiger partial charge >= 0.3 is 0 Å². The van der Waals surface area contributed by atoms with Crippen LogP contribution < -0.4 is 0 Å². The van der Waals surface area contributed by atoms with Crippen molar-refractivity contribution in [3.05, 3.63) is 0 Å². The van der Waals surface area contributed by atoms with Gasteiger partial charge in [-0.15, -0.1) is 0 Å². The van der Waals surface area contributed by atoms with E-state index < -0.39 is 23.3 Å². The lowest BCUT2D eigenvalue weighted by Crippen LogP contribution is -2.91. The van der Waals surface area contributed by atoms with Crippen LogP contribution >= 0.6 is 23.0 Å². The highest BCUT2D eigenvalue weighted by Crippen LogP contribution is 2.65. The number of aliphatic hydroxyl groups is 1. The van der Waals surface area contributed by atoms with Crippen molar-refractivity contribution in [1.82, 2.24) is 0 Å². The molecule has 15 heavy (non-hydrogen) atoms. The molecule has 0 aromatic rings. The normalized spacial score (nSPS) is 60.7. The zero-order valence-corrected chi connectivity index (χ0v) is 10.2. The van der Waals surface area contributed by atoms with Crippen LogP contribution in [0.25, 0.3) is 0 Å². The lowest BCUT2D eigenvalue weighted by atomic mass is 9.55. The van der Waals surface area contributed by atoms with Gasteiger partial charge in [-0.3, -0.25) is 0 Å². The van der Waals surface area contributed by atoms with Crippen molar-refractivity contribution >= 4 is 30.9 Å². The molecule has 1 saturated carbocycles. The van der Waals surface area contributed by atoms with Crippen LogP contribution in [0.1, 0.15) is 0 Å². The van der Waals surface area contributed by atoms with E-state index in [1.807, 2.05) is 0 Å². The maximum atomic E-state index is 9.95. The molecule has 0 amide bonds. The first kappa shape index (κ1) is 10.7. The van der Waals surface area contributed by atoms with Crippen LogP contribution in [0.3, 0.4) is 0 Å². The predicted octanol–water partition coefficient (Wildman–Crippen LogP) is -0.856. The number of halogens is 1. The Bertz CT molecular complexity index is 305. The van der Waals surface area contributed by atoms with E-state index in [1.165, 1.54) is 0 Å². The molecule has 1 N–H and O–H groups in total. The number of ether oxygens (including phenoxy) is 3. The van der Waals surface area contributed by atoms with Crippen LogP contribution in [-0.2, 0) is 17.3 Å². The highest BCUT2D eigenvalue weighted by Gasteiger charge is 2.89. The molecule has 2 radical (unpaired) electrons. The van der Waals surface area contributed by atoms with Crippen LogP contribution in [-0.4, -0.2) is 62.2 Å². The molecule has 3 rings (SSSR count). The summed E-state index contributed by atoms with van der Waals surface area (Å²) in [5, 5.41) is 9.95. The minimum atomic E-state index is -0.865. The van der Waals surface area contributed by atoms with E-state index in [-0.39, 0.29) is 18.8 Å². The molecule has 0 aromatic heterocycles. The molecule has 7 heteroatoms. The predicted molar refractivity (Wildman–Crippen MR) is 57.7 cm³/mol. The van der Waals surface area contributed by atoms with Gasteiger partial charge in [0.2, 0.25) is 0 Å². The second kappa shape index (κ2) is 3.08. The summed E-state index contributed by atoms with van der Waals surface area (Å²) in [7, 11) is 7.33. The Labute approximate surface area is 102 Å². The number of hydrogen-bond donors (Lipinski definition) is 1. The largest absolute Gasteiger partial charge is 0.387 e. The average molecular weight is 324 g/mol. The maximum absolute atomic E-state index is 9.95. The van der Waals surface area contributed by atoms with E-state index in [4.69, 9.17) is 25.1 Å². The van der Waals surface area contributed by atoms with Gasteiger partial charge in [-0.25, -0.2) is 0 Å². The average Bonchev–Trinajstić information content (AvgIpc) is 2.25. The van der Waals surface area contributed by atoms with Crippen molar-refractivity contribution < 1.29 is 22.4 Å². The third kappa shape index (κ3) is 0.870. The monoisotopic (exact) mass is 324 g/mol. The summed E-state index contributed by atoms with van der Waals surface area (Å²) < 4.78 is 21.6. The molecule has 3 aliphatic rings. The van der Waals surface area contributed by atoms with Gasteiger partial charge in [0, 0.05) is 13.1 Å². The molecule has 1 aliphatic carbocycles. The van der Waals surface area contributed by atoms with Crippen molar-refractivity contribution in [2.75, 3.05) is 13.7 Å². The third-order valence-electron chi connectivity index (χ3n) is 3.70. The summed E-state index contributed by atoms with van der Waals surface area (Å²) >= 11 is 1.81. The molecule has 3 fully saturated rings. The standard InChI is InChI=1S/C8H10BIO5/c1-12-2-7-3(11)4-8(7,15-10)5(13-4)6(9)14-7/h3-6,11H,2H2,1H3. The smallest absolute Gasteiger partial charge is 0.171 e. The summed E-state index contributed by atoms with van der Waals surface area (Å²) in [6.07, 6.45) is -1.39. The van der Waals surface area contributed by atoms with E-state index in [2.05, 4.69) is 0 Å². The van der Waals surface area contributed by atoms with Gasteiger partial charge in [0.1, 0.15) is 49.2 Å². The molecule has 6 unspecified atom stereocenters. The molecule has 6 atom stereocenters. The molecule has 2 heterocycles. The number of hydrogen-bond acceptors (Lipinski definition) is 5. The molecule has 0 aromatic carbocycles. The van der Waals surface area contributed by atoms with Gasteiger partial charge in [0.25, 0.3) is 0 Å². The van der Waals surface area contributed by atoms with Crippen LogP contribution in [0, 0.1) is 0 Å². The Kier molecular flexibility index (Phi) is 2.20. The minimum absolute atomic E-state index is 0.251. The minimum Gasteiger partial charge on any atom is -0.387 e. The van der Waals surface area contributed by atoms with E-state index in [9.17, 15) is 5.11 Å². The lowest BCUT2D eigenvalue weighted by Gasteiger charge is -2.67.